The highest BCUT2D eigenvalue weighted by molar-refractivity contribution is 6.13. The minimum Gasteiger partial charge on any atom is -0.293 e. The molecule has 262 valence electrons. The summed E-state index contributed by atoms with van der Waals surface area (Å²) in [6.45, 7) is 4.26. The Morgan fingerprint density at radius 2 is 0.839 bits per heavy atom. The van der Waals surface area contributed by atoms with E-state index in [0.717, 1.165) is 88.6 Å². The fourth-order valence-corrected chi connectivity index (χ4v) is 8.45. The molecule has 3 heterocycles. The molecule has 56 heavy (non-hydrogen) atoms. The van der Waals surface area contributed by atoms with Crippen molar-refractivity contribution in [2.75, 3.05) is 0 Å². The molecule has 5 heteroatoms. The summed E-state index contributed by atoms with van der Waals surface area (Å²) in [6.07, 6.45) is 0. The first-order valence-electron chi connectivity index (χ1n) is 18.7. The molecule has 3 aromatic heterocycles. The average molecular weight is 716 g/mol. The highest BCUT2D eigenvalue weighted by Crippen LogP contribution is 2.49. The first kappa shape index (κ1) is 32.9. The third-order valence-electron chi connectivity index (χ3n) is 10.9. The van der Waals surface area contributed by atoms with Gasteiger partial charge < -0.3 is 0 Å². The summed E-state index contributed by atoms with van der Waals surface area (Å²) in [7, 11) is 0. The van der Waals surface area contributed by atoms with Crippen molar-refractivity contribution in [2.24, 2.45) is 0 Å². The molecule has 0 saturated heterocycles. The molecule has 0 radical (unpaired) electrons. The first-order valence-corrected chi connectivity index (χ1v) is 18.7. The zero-order valence-corrected chi connectivity index (χ0v) is 30.8. The lowest BCUT2D eigenvalue weighted by atomic mass is 9.86. The summed E-state index contributed by atoms with van der Waals surface area (Å²) >= 11 is 0. The third-order valence-corrected chi connectivity index (χ3v) is 10.9. The zero-order valence-electron chi connectivity index (χ0n) is 30.8. The number of nitriles is 2. The molecule has 0 atom stereocenters. The quantitative estimate of drug-likeness (QED) is 0.178. The van der Waals surface area contributed by atoms with Crippen LogP contribution in [0.5, 0.6) is 0 Å². The maximum atomic E-state index is 10.4. The van der Waals surface area contributed by atoms with Crippen LogP contribution in [0.15, 0.2) is 164 Å². The van der Waals surface area contributed by atoms with Crippen LogP contribution in [0, 0.1) is 36.5 Å². The van der Waals surface area contributed by atoms with Gasteiger partial charge in [-0.25, -0.2) is 4.98 Å². The fourth-order valence-electron chi connectivity index (χ4n) is 8.45. The molecule has 0 saturated carbocycles. The summed E-state index contributed by atoms with van der Waals surface area (Å²) in [5.74, 6) is 1.52. The number of aromatic nitrogens is 3. The van der Waals surface area contributed by atoms with E-state index in [-0.39, 0.29) is 0 Å². The Kier molecular flexibility index (Phi) is 7.63. The minimum atomic E-state index is 0.322. The van der Waals surface area contributed by atoms with Crippen LogP contribution in [0.2, 0.25) is 0 Å². The van der Waals surface area contributed by atoms with Crippen LogP contribution in [-0.4, -0.2) is 14.1 Å². The van der Waals surface area contributed by atoms with E-state index in [1.54, 1.807) is 6.07 Å². The number of aryl methyl sites for hydroxylation is 2. The molecule has 0 spiro atoms. The Morgan fingerprint density at radius 3 is 1.32 bits per heavy atom. The summed E-state index contributed by atoms with van der Waals surface area (Å²) in [6, 6.07) is 61.3. The van der Waals surface area contributed by atoms with E-state index in [9.17, 15) is 10.5 Å². The number of benzene rings is 7. The maximum Gasteiger partial charge on any atom is 0.148 e. The molecular formula is C51H33N5. The lowest BCUT2D eigenvalue weighted by molar-refractivity contribution is 1.02. The van der Waals surface area contributed by atoms with E-state index < -0.39 is 0 Å². The number of rotatable bonds is 5. The smallest absolute Gasteiger partial charge is 0.148 e. The Balaban J connectivity index is 1.51. The van der Waals surface area contributed by atoms with Gasteiger partial charge in [0.05, 0.1) is 33.2 Å². The van der Waals surface area contributed by atoms with E-state index in [2.05, 4.69) is 169 Å². The molecule has 10 aromatic rings. The second-order valence-corrected chi connectivity index (χ2v) is 14.3. The van der Waals surface area contributed by atoms with Crippen LogP contribution in [0.25, 0.3) is 88.6 Å². The van der Waals surface area contributed by atoms with Gasteiger partial charge >= 0.3 is 0 Å². The lowest BCUT2D eigenvalue weighted by Gasteiger charge is -2.25. The van der Waals surface area contributed by atoms with Crippen LogP contribution in [0.1, 0.15) is 22.3 Å². The van der Waals surface area contributed by atoms with Crippen LogP contribution < -0.4 is 0 Å². The average Bonchev–Trinajstić information content (AvgIpc) is 3.75. The lowest BCUT2D eigenvalue weighted by Crippen LogP contribution is -2.10. The normalized spacial score (nSPS) is 11.4. The molecule has 0 aliphatic heterocycles. The summed E-state index contributed by atoms with van der Waals surface area (Å²) in [5.41, 5.74) is 12.7. The van der Waals surface area contributed by atoms with E-state index in [1.807, 2.05) is 24.3 Å². The Morgan fingerprint density at radius 1 is 0.393 bits per heavy atom. The summed E-state index contributed by atoms with van der Waals surface area (Å²) in [4.78, 5) is 5.93. The number of fused-ring (bicyclic) bond motifs is 6. The largest absolute Gasteiger partial charge is 0.293 e. The van der Waals surface area contributed by atoms with Crippen molar-refractivity contribution in [1.82, 2.24) is 14.1 Å². The third kappa shape index (κ3) is 5.03. The van der Waals surface area contributed by atoms with Gasteiger partial charge in [-0.3, -0.25) is 9.13 Å². The Bertz CT molecular complexity index is 3100. The predicted octanol–water partition coefficient (Wildman–Crippen LogP) is 12.6. The van der Waals surface area contributed by atoms with E-state index in [0.29, 0.717) is 11.1 Å². The molecular weight excluding hydrogens is 683 g/mol. The number of para-hydroxylation sites is 2. The van der Waals surface area contributed by atoms with Crippen LogP contribution >= 0.6 is 0 Å². The monoisotopic (exact) mass is 715 g/mol. The van der Waals surface area contributed by atoms with Crippen molar-refractivity contribution in [2.45, 2.75) is 13.8 Å². The second kappa shape index (κ2) is 13.0. The molecule has 0 fully saturated rings. The van der Waals surface area contributed by atoms with Gasteiger partial charge in [0.1, 0.15) is 23.8 Å². The van der Waals surface area contributed by atoms with Crippen molar-refractivity contribution in [3.63, 3.8) is 0 Å². The van der Waals surface area contributed by atoms with Crippen LogP contribution in [0.3, 0.4) is 0 Å². The van der Waals surface area contributed by atoms with E-state index in [4.69, 9.17) is 4.98 Å². The van der Waals surface area contributed by atoms with Crippen LogP contribution in [0.4, 0.5) is 0 Å². The summed E-state index contributed by atoms with van der Waals surface area (Å²) < 4.78 is 4.61. The van der Waals surface area contributed by atoms with Crippen LogP contribution in [-0.2, 0) is 0 Å². The molecule has 7 aromatic carbocycles. The van der Waals surface area contributed by atoms with Gasteiger partial charge in [-0.05, 0) is 79.1 Å². The number of hydrogen-bond donors (Lipinski definition) is 0. The molecule has 0 amide bonds. The molecule has 5 nitrogen and oxygen atoms in total. The Hall–Kier alpha value is -7.73. The standard InChI is InChI=1S/C51H33N5/c1-32-21-25-45-41(27-32)39-17-9-11-19-43(39)55(45)50-48(34-13-5-3-6-14-34)47(36-23-24-37(30-52)38(29-36)31-53)49(35-15-7-4-8-16-35)51(54-50)56-44-20-12-10-18-40(44)42-28-33(2)22-26-46(42)56/h3-29H,1-2H3. The first-order chi connectivity index (χ1) is 27.5. The highest BCUT2D eigenvalue weighted by Gasteiger charge is 2.29. The number of nitrogens with zero attached hydrogens (tertiary/aromatic N) is 5. The molecule has 0 aliphatic rings. The number of hydrogen-bond acceptors (Lipinski definition) is 3. The van der Waals surface area contributed by atoms with Crippen molar-refractivity contribution in [3.8, 4) is 57.2 Å². The highest BCUT2D eigenvalue weighted by atomic mass is 15.1. The van der Waals surface area contributed by atoms with Crippen molar-refractivity contribution in [3.05, 3.63) is 186 Å². The molecule has 0 aliphatic carbocycles. The topological polar surface area (TPSA) is 70.3 Å². The van der Waals surface area contributed by atoms with Crippen molar-refractivity contribution >= 4 is 43.6 Å². The Labute approximate surface area is 324 Å². The van der Waals surface area contributed by atoms with Gasteiger partial charge in [-0.2, -0.15) is 10.5 Å². The van der Waals surface area contributed by atoms with Crippen molar-refractivity contribution < 1.29 is 0 Å². The zero-order chi connectivity index (χ0) is 37.9. The second-order valence-electron chi connectivity index (χ2n) is 14.3. The van der Waals surface area contributed by atoms with E-state index >= 15 is 0 Å². The van der Waals surface area contributed by atoms with Gasteiger partial charge in [-0.15, -0.1) is 0 Å². The predicted molar refractivity (Wildman–Crippen MR) is 228 cm³/mol. The molecule has 0 bridgehead atoms. The molecule has 0 N–H and O–H groups in total. The van der Waals surface area contributed by atoms with Crippen molar-refractivity contribution in [1.29, 1.82) is 10.5 Å². The van der Waals surface area contributed by atoms with Gasteiger partial charge in [0.15, 0.2) is 0 Å². The van der Waals surface area contributed by atoms with E-state index in [1.165, 1.54) is 11.1 Å². The van der Waals surface area contributed by atoms with Gasteiger partial charge in [-0.1, -0.05) is 126 Å². The molecule has 0 unspecified atom stereocenters. The molecule has 10 rings (SSSR count). The van der Waals surface area contributed by atoms with Gasteiger partial charge in [0, 0.05) is 38.2 Å². The summed E-state index contributed by atoms with van der Waals surface area (Å²) in [5, 5.41) is 25.0. The number of pyridine rings is 1. The fraction of sp³-hybridized carbons (Fsp3) is 0.0392. The minimum absolute atomic E-state index is 0.322. The maximum absolute atomic E-state index is 10.4. The van der Waals surface area contributed by atoms with Gasteiger partial charge in [0.2, 0.25) is 0 Å². The SMILES string of the molecule is Cc1ccc2c(c1)c1ccccc1n2-c1nc(-n2c3ccccc3c3cc(C)ccc32)c(-c2ccccc2)c(-c2ccc(C#N)c(C#N)c2)c1-c1ccccc1. The van der Waals surface area contributed by atoms with Gasteiger partial charge in [0.25, 0.3) is 0 Å².